The van der Waals surface area contributed by atoms with E-state index in [2.05, 4.69) is 0 Å². The first-order valence-electron chi connectivity index (χ1n) is 4.28. The van der Waals surface area contributed by atoms with Crippen molar-refractivity contribution in [3.8, 4) is 11.5 Å². The van der Waals surface area contributed by atoms with Crippen molar-refractivity contribution >= 4 is 29.0 Å². The normalized spacial score (nSPS) is 9.60. The van der Waals surface area contributed by atoms with Gasteiger partial charge in [0.25, 0.3) is 5.17 Å². The molecule has 0 unspecified atom stereocenters. The van der Waals surface area contributed by atoms with Gasteiger partial charge in [0.05, 0.1) is 7.11 Å². The second-order valence-corrected chi connectivity index (χ2v) is 3.76. The topological polar surface area (TPSA) is 21.7 Å². The molecule has 3 nitrogen and oxygen atoms in total. The number of methoxy groups -OCH3 is 1. The lowest BCUT2D eigenvalue weighted by atomic mass is 10.3. The molecule has 82 valence electrons. The summed E-state index contributed by atoms with van der Waals surface area (Å²) in [7, 11) is 5.15. The molecule has 0 saturated carbocycles. The van der Waals surface area contributed by atoms with Crippen LogP contribution < -0.4 is 9.47 Å². The van der Waals surface area contributed by atoms with E-state index < -0.39 is 0 Å². The number of rotatable bonds is 2. The Kier molecular flexibility index (Phi) is 4.17. The third kappa shape index (κ3) is 2.97. The number of nitrogens with zero attached hydrogens (tertiary/aromatic N) is 1. The van der Waals surface area contributed by atoms with Gasteiger partial charge < -0.3 is 14.4 Å². The van der Waals surface area contributed by atoms with Crippen molar-refractivity contribution in [2.24, 2.45) is 0 Å². The summed E-state index contributed by atoms with van der Waals surface area (Å²) in [6.07, 6.45) is 0. The summed E-state index contributed by atoms with van der Waals surface area (Å²) in [5, 5.41) is 0.773. The Balaban J connectivity index is 2.91. The third-order valence-electron chi connectivity index (χ3n) is 1.71. The van der Waals surface area contributed by atoms with Crippen LogP contribution in [0.15, 0.2) is 18.2 Å². The standard InChI is InChI=1S/C10H12ClNO2S/c1-12(2)10(15)14-8-6-4-5-7(13-3)9(8)11/h4-6H,1-3H3. The summed E-state index contributed by atoms with van der Waals surface area (Å²) in [6, 6.07) is 5.28. The number of thiocarbonyl (C=S) groups is 1. The van der Waals surface area contributed by atoms with Gasteiger partial charge in [-0.2, -0.15) is 0 Å². The Bertz CT molecular complexity index is 368. The summed E-state index contributed by atoms with van der Waals surface area (Å²) in [5.74, 6) is 1.06. The fraction of sp³-hybridized carbons (Fsp3) is 0.300. The van der Waals surface area contributed by atoms with Crippen LogP contribution in [0.3, 0.4) is 0 Å². The van der Waals surface area contributed by atoms with Crippen molar-refractivity contribution < 1.29 is 9.47 Å². The highest BCUT2D eigenvalue weighted by Crippen LogP contribution is 2.33. The van der Waals surface area contributed by atoms with Crippen LogP contribution in [0.5, 0.6) is 11.5 Å². The average Bonchev–Trinajstić information content (AvgIpc) is 2.21. The zero-order valence-electron chi connectivity index (χ0n) is 8.78. The SMILES string of the molecule is COc1cccc(OC(=S)N(C)C)c1Cl. The van der Waals surface area contributed by atoms with Crippen LogP contribution in [-0.2, 0) is 0 Å². The highest BCUT2D eigenvalue weighted by Gasteiger charge is 2.10. The zero-order valence-corrected chi connectivity index (χ0v) is 10.4. The molecular formula is C10H12ClNO2S. The molecule has 0 aromatic heterocycles. The van der Waals surface area contributed by atoms with Crippen molar-refractivity contribution in [1.82, 2.24) is 4.90 Å². The van der Waals surface area contributed by atoms with E-state index >= 15 is 0 Å². The van der Waals surface area contributed by atoms with E-state index in [4.69, 9.17) is 33.3 Å². The molecule has 15 heavy (non-hydrogen) atoms. The summed E-state index contributed by atoms with van der Waals surface area (Å²) < 4.78 is 10.5. The number of halogens is 1. The largest absolute Gasteiger partial charge is 0.495 e. The number of benzene rings is 1. The van der Waals surface area contributed by atoms with Gasteiger partial charge in [-0.1, -0.05) is 17.7 Å². The second kappa shape index (κ2) is 5.19. The molecule has 0 atom stereocenters. The van der Waals surface area contributed by atoms with Crippen molar-refractivity contribution in [2.45, 2.75) is 0 Å². The van der Waals surface area contributed by atoms with Crippen molar-refractivity contribution in [3.63, 3.8) is 0 Å². The van der Waals surface area contributed by atoms with Gasteiger partial charge in [-0.05, 0) is 24.4 Å². The maximum atomic E-state index is 6.03. The zero-order chi connectivity index (χ0) is 11.4. The lowest BCUT2D eigenvalue weighted by Crippen LogP contribution is -2.25. The average molecular weight is 246 g/mol. The van der Waals surface area contributed by atoms with Crippen LogP contribution in [0.4, 0.5) is 0 Å². The van der Waals surface area contributed by atoms with Gasteiger partial charge in [0.15, 0.2) is 5.75 Å². The molecule has 1 rings (SSSR count). The fourth-order valence-corrected chi connectivity index (χ4v) is 1.24. The van der Waals surface area contributed by atoms with Crippen LogP contribution in [-0.4, -0.2) is 31.3 Å². The van der Waals surface area contributed by atoms with Crippen molar-refractivity contribution in [2.75, 3.05) is 21.2 Å². The Morgan fingerprint density at radius 1 is 1.33 bits per heavy atom. The molecule has 1 aromatic carbocycles. The van der Waals surface area contributed by atoms with Gasteiger partial charge >= 0.3 is 0 Å². The molecule has 0 heterocycles. The molecule has 0 fully saturated rings. The summed E-state index contributed by atoms with van der Waals surface area (Å²) in [6.45, 7) is 0. The van der Waals surface area contributed by atoms with E-state index in [0.29, 0.717) is 21.7 Å². The summed E-state index contributed by atoms with van der Waals surface area (Å²) in [5.41, 5.74) is 0. The van der Waals surface area contributed by atoms with Crippen LogP contribution >= 0.6 is 23.8 Å². The molecule has 0 aliphatic heterocycles. The summed E-state index contributed by atoms with van der Waals surface area (Å²) in [4.78, 5) is 1.69. The van der Waals surface area contributed by atoms with E-state index in [1.807, 2.05) is 0 Å². The Labute approximate surface area is 99.5 Å². The first-order chi connectivity index (χ1) is 7.06. The molecule has 0 saturated heterocycles. The van der Waals surface area contributed by atoms with Gasteiger partial charge in [-0.3, -0.25) is 0 Å². The first kappa shape index (κ1) is 12.1. The molecule has 0 N–H and O–H groups in total. The molecule has 0 bridgehead atoms. The number of hydrogen-bond donors (Lipinski definition) is 0. The molecular weight excluding hydrogens is 234 g/mol. The van der Waals surface area contributed by atoms with Gasteiger partial charge in [0.1, 0.15) is 10.8 Å². The van der Waals surface area contributed by atoms with Crippen LogP contribution in [0.2, 0.25) is 5.02 Å². The van der Waals surface area contributed by atoms with E-state index in [9.17, 15) is 0 Å². The predicted molar refractivity (Wildman–Crippen MR) is 64.9 cm³/mol. The quantitative estimate of drug-likeness (QED) is 0.747. The molecule has 0 aliphatic rings. The highest BCUT2D eigenvalue weighted by atomic mass is 35.5. The van der Waals surface area contributed by atoms with Gasteiger partial charge in [-0.25, -0.2) is 0 Å². The van der Waals surface area contributed by atoms with Gasteiger partial charge in [0, 0.05) is 14.1 Å². The molecule has 1 aromatic rings. The maximum Gasteiger partial charge on any atom is 0.264 e. The van der Waals surface area contributed by atoms with Gasteiger partial charge in [-0.15, -0.1) is 0 Å². The first-order valence-corrected chi connectivity index (χ1v) is 5.06. The monoisotopic (exact) mass is 245 g/mol. The van der Waals surface area contributed by atoms with Gasteiger partial charge in [0.2, 0.25) is 0 Å². The molecule has 0 aliphatic carbocycles. The Morgan fingerprint density at radius 2 is 1.93 bits per heavy atom. The molecule has 0 amide bonds. The van der Waals surface area contributed by atoms with E-state index in [1.165, 1.54) is 0 Å². The molecule has 5 heteroatoms. The smallest absolute Gasteiger partial charge is 0.264 e. The summed E-state index contributed by atoms with van der Waals surface area (Å²) >= 11 is 11.0. The van der Waals surface area contributed by atoms with Crippen molar-refractivity contribution in [1.29, 1.82) is 0 Å². The highest BCUT2D eigenvalue weighted by molar-refractivity contribution is 7.80. The molecule has 0 spiro atoms. The minimum Gasteiger partial charge on any atom is -0.495 e. The fourth-order valence-electron chi connectivity index (χ4n) is 0.912. The van der Waals surface area contributed by atoms with E-state index in [1.54, 1.807) is 44.3 Å². The van der Waals surface area contributed by atoms with E-state index in [0.717, 1.165) is 0 Å². The minimum absolute atomic E-state index is 0.352. The Morgan fingerprint density at radius 3 is 2.47 bits per heavy atom. The molecule has 0 radical (unpaired) electrons. The minimum atomic E-state index is 0.352. The maximum absolute atomic E-state index is 6.03. The number of ether oxygens (including phenoxy) is 2. The van der Waals surface area contributed by atoms with Crippen LogP contribution in [0.25, 0.3) is 0 Å². The second-order valence-electron chi connectivity index (χ2n) is 3.03. The van der Waals surface area contributed by atoms with Crippen LogP contribution in [0, 0.1) is 0 Å². The Hall–Kier alpha value is -1.00. The van der Waals surface area contributed by atoms with Crippen molar-refractivity contribution in [3.05, 3.63) is 23.2 Å². The number of hydrogen-bond acceptors (Lipinski definition) is 3. The van der Waals surface area contributed by atoms with E-state index in [-0.39, 0.29) is 0 Å². The predicted octanol–water partition coefficient (Wildman–Crippen LogP) is 2.57. The lowest BCUT2D eigenvalue weighted by Gasteiger charge is -2.15. The lowest BCUT2D eigenvalue weighted by molar-refractivity contribution is 0.408. The third-order valence-corrected chi connectivity index (χ3v) is 2.53. The van der Waals surface area contributed by atoms with Crippen LogP contribution in [0.1, 0.15) is 0 Å².